The van der Waals surface area contributed by atoms with Crippen molar-refractivity contribution in [3.63, 3.8) is 0 Å². The number of ether oxygens (including phenoxy) is 2. The highest BCUT2D eigenvalue weighted by Gasteiger charge is 2.07. The number of pyridine rings is 1. The predicted molar refractivity (Wildman–Crippen MR) is 79.7 cm³/mol. The summed E-state index contributed by atoms with van der Waals surface area (Å²) in [5, 5.41) is 10.5. The van der Waals surface area contributed by atoms with Crippen LogP contribution in [0.15, 0.2) is 48.8 Å². The number of amides is 1. The average molecular weight is 318 g/mol. The highest BCUT2D eigenvalue weighted by atomic mass is 16.6. The molecular weight excluding hydrogens is 302 g/mol. The van der Waals surface area contributed by atoms with Crippen LogP contribution in [-0.2, 0) is 11.5 Å². The Morgan fingerprint density at radius 2 is 1.96 bits per heavy atom. The van der Waals surface area contributed by atoms with Gasteiger partial charge in [0.25, 0.3) is 18.3 Å². The van der Waals surface area contributed by atoms with E-state index in [-0.39, 0.29) is 12.4 Å². The van der Waals surface area contributed by atoms with Gasteiger partial charge in [-0.15, -0.1) is 0 Å². The predicted octanol–water partition coefficient (Wildman–Crippen LogP) is 1.03. The largest absolute Gasteiger partial charge is 0.491 e. The molecule has 1 aromatic carbocycles. The highest BCUT2D eigenvalue weighted by molar-refractivity contribution is 5.92. The van der Waals surface area contributed by atoms with Crippen LogP contribution in [-0.4, -0.2) is 24.0 Å². The molecule has 0 aliphatic heterocycles. The third-order valence-corrected chi connectivity index (χ3v) is 2.93. The average Bonchev–Trinajstić information content (AvgIpc) is 2.55. The van der Waals surface area contributed by atoms with Crippen LogP contribution in [0, 0.1) is 10.1 Å². The number of nitrogens with zero attached hydrogens (tertiary/aromatic N) is 2. The van der Waals surface area contributed by atoms with Gasteiger partial charge in [-0.1, -0.05) is 0 Å². The first-order valence-corrected chi connectivity index (χ1v) is 6.80. The molecule has 0 fully saturated rings. The molecule has 0 aliphatic rings. The Labute approximate surface area is 132 Å². The van der Waals surface area contributed by atoms with Crippen molar-refractivity contribution in [1.29, 1.82) is 0 Å². The Kier molecular flexibility index (Phi) is 5.59. The van der Waals surface area contributed by atoms with Gasteiger partial charge in [-0.2, -0.15) is 4.57 Å². The molecule has 0 radical (unpaired) electrons. The molecule has 8 nitrogen and oxygen atoms in total. The lowest BCUT2D eigenvalue weighted by atomic mass is 10.3. The quantitative estimate of drug-likeness (QED) is 0.338. The summed E-state index contributed by atoms with van der Waals surface area (Å²) in [5.74, 6) is 0.0310. The van der Waals surface area contributed by atoms with Crippen molar-refractivity contribution < 1.29 is 23.8 Å². The highest BCUT2D eigenvalue weighted by Crippen LogP contribution is 2.16. The number of benzene rings is 1. The van der Waals surface area contributed by atoms with Crippen molar-refractivity contribution in [3.05, 3.63) is 64.5 Å². The molecular formula is C15H16N3O5+. The van der Waals surface area contributed by atoms with Gasteiger partial charge in [0.15, 0.2) is 12.4 Å². The van der Waals surface area contributed by atoms with E-state index in [0.717, 1.165) is 0 Å². The zero-order valence-corrected chi connectivity index (χ0v) is 12.3. The first-order valence-electron chi connectivity index (χ1n) is 6.80. The fraction of sp³-hybridized carbons (Fsp3) is 0.200. The summed E-state index contributed by atoms with van der Waals surface area (Å²) in [6, 6.07) is 9.14. The number of primary amides is 1. The summed E-state index contributed by atoms with van der Waals surface area (Å²) < 4.78 is 12.5. The Balaban J connectivity index is 1.72. The lowest BCUT2D eigenvalue weighted by molar-refractivity contribution is -0.732. The molecule has 0 unspecified atom stereocenters. The van der Waals surface area contributed by atoms with Crippen LogP contribution in [0.5, 0.6) is 5.75 Å². The molecule has 2 aromatic rings. The van der Waals surface area contributed by atoms with Crippen molar-refractivity contribution in [1.82, 2.24) is 0 Å². The van der Waals surface area contributed by atoms with Crippen LogP contribution < -0.4 is 15.0 Å². The Morgan fingerprint density at radius 1 is 1.22 bits per heavy atom. The van der Waals surface area contributed by atoms with Gasteiger partial charge >= 0.3 is 0 Å². The van der Waals surface area contributed by atoms with Crippen molar-refractivity contribution in [3.8, 4) is 5.75 Å². The lowest BCUT2D eigenvalue weighted by Gasteiger charge is -2.05. The topological polar surface area (TPSA) is 109 Å². The molecule has 120 valence electrons. The van der Waals surface area contributed by atoms with Crippen LogP contribution in [0.25, 0.3) is 0 Å². The molecule has 8 heteroatoms. The van der Waals surface area contributed by atoms with Crippen molar-refractivity contribution in [2.45, 2.75) is 6.73 Å². The van der Waals surface area contributed by atoms with E-state index in [1.807, 2.05) is 0 Å². The Morgan fingerprint density at radius 3 is 2.61 bits per heavy atom. The minimum Gasteiger partial charge on any atom is -0.491 e. The van der Waals surface area contributed by atoms with E-state index in [2.05, 4.69) is 0 Å². The maximum Gasteiger partial charge on any atom is 0.269 e. The molecule has 0 spiro atoms. The van der Waals surface area contributed by atoms with Gasteiger partial charge < -0.3 is 15.2 Å². The van der Waals surface area contributed by atoms with Gasteiger partial charge in [-0.25, -0.2) is 0 Å². The molecule has 2 N–H and O–H groups in total. The zero-order valence-electron chi connectivity index (χ0n) is 12.3. The van der Waals surface area contributed by atoms with E-state index in [4.69, 9.17) is 15.2 Å². The van der Waals surface area contributed by atoms with E-state index in [9.17, 15) is 14.9 Å². The van der Waals surface area contributed by atoms with E-state index < -0.39 is 10.8 Å². The molecule has 1 amide bonds. The van der Waals surface area contributed by atoms with Gasteiger partial charge in [-0.05, 0) is 18.2 Å². The molecule has 0 saturated heterocycles. The van der Waals surface area contributed by atoms with E-state index in [1.165, 1.54) is 24.3 Å². The van der Waals surface area contributed by atoms with Gasteiger partial charge in [0.2, 0.25) is 0 Å². The first kappa shape index (κ1) is 16.4. The molecule has 0 bridgehead atoms. The molecule has 0 saturated carbocycles. The number of carbonyl (C=O) groups excluding carboxylic acids is 1. The number of hydrogen-bond donors (Lipinski definition) is 1. The van der Waals surface area contributed by atoms with E-state index >= 15 is 0 Å². The van der Waals surface area contributed by atoms with Gasteiger partial charge in [-0.3, -0.25) is 14.9 Å². The Hall–Kier alpha value is -3.00. The summed E-state index contributed by atoms with van der Waals surface area (Å²) in [5.41, 5.74) is 5.61. The number of nitrogens with two attached hydrogens (primary N) is 1. The summed E-state index contributed by atoms with van der Waals surface area (Å²) in [7, 11) is 0. The normalized spacial score (nSPS) is 10.3. The van der Waals surface area contributed by atoms with E-state index in [1.54, 1.807) is 29.1 Å². The number of carbonyl (C=O) groups is 1. The van der Waals surface area contributed by atoms with Gasteiger partial charge in [0, 0.05) is 18.2 Å². The maximum atomic E-state index is 11.1. The molecule has 1 aromatic heterocycles. The molecule has 23 heavy (non-hydrogen) atoms. The minimum atomic E-state index is -0.499. The summed E-state index contributed by atoms with van der Waals surface area (Å²) in [4.78, 5) is 21.1. The summed E-state index contributed by atoms with van der Waals surface area (Å²) >= 11 is 0. The first-order chi connectivity index (χ1) is 11.1. The van der Waals surface area contributed by atoms with Crippen molar-refractivity contribution in [2.24, 2.45) is 5.73 Å². The number of rotatable bonds is 8. The number of nitro groups is 1. The molecule has 0 aliphatic carbocycles. The smallest absolute Gasteiger partial charge is 0.269 e. The summed E-state index contributed by atoms with van der Waals surface area (Å²) in [6.07, 6.45) is 3.35. The SMILES string of the molecule is NC(=O)c1ccc[n+](COCCOc2ccc([N+](=O)[O-])cc2)c1. The van der Waals surface area contributed by atoms with Crippen LogP contribution in [0.3, 0.4) is 0 Å². The van der Waals surface area contributed by atoms with Crippen LogP contribution >= 0.6 is 0 Å². The Bertz CT molecular complexity index is 688. The van der Waals surface area contributed by atoms with Crippen LogP contribution in [0.4, 0.5) is 5.69 Å². The third-order valence-electron chi connectivity index (χ3n) is 2.93. The van der Waals surface area contributed by atoms with Crippen LogP contribution in [0.1, 0.15) is 10.4 Å². The lowest BCUT2D eigenvalue weighted by Crippen LogP contribution is -2.36. The number of hydrogen-bond acceptors (Lipinski definition) is 5. The van der Waals surface area contributed by atoms with Gasteiger partial charge in [0.05, 0.1) is 11.5 Å². The number of nitro benzene ring substituents is 1. The fourth-order valence-corrected chi connectivity index (χ4v) is 1.80. The molecule has 1 heterocycles. The second-order valence-corrected chi connectivity index (χ2v) is 4.61. The van der Waals surface area contributed by atoms with Crippen LogP contribution in [0.2, 0.25) is 0 Å². The molecule has 0 atom stereocenters. The van der Waals surface area contributed by atoms with Gasteiger partial charge in [0.1, 0.15) is 17.9 Å². The number of aromatic nitrogens is 1. The maximum absolute atomic E-state index is 11.1. The third kappa shape index (κ3) is 5.04. The minimum absolute atomic E-state index is 0.0133. The zero-order chi connectivity index (χ0) is 16.7. The van der Waals surface area contributed by atoms with E-state index in [0.29, 0.717) is 24.5 Å². The van der Waals surface area contributed by atoms with Crippen molar-refractivity contribution in [2.75, 3.05) is 13.2 Å². The number of non-ortho nitro benzene ring substituents is 1. The standard InChI is InChI=1S/C15H15N3O5/c16-15(19)12-2-1-7-17(10-12)11-22-8-9-23-14-5-3-13(4-6-14)18(20)21/h1-7,10H,8-9,11H2,(H-,16,19)/p+1. The second-order valence-electron chi connectivity index (χ2n) is 4.61. The molecule has 2 rings (SSSR count). The fourth-order valence-electron chi connectivity index (χ4n) is 1.80. The second kappa shape index (κ2) is 7.85. The summed E-state index contributed by atoms with van der Waals surface area (Å²) in [6.45, 7) is 0.878. The monoisotopic (exact) mass is 318 g/mol. The van der Waals surface area contributed by atoms with Crippen molar-refractivity contribution >= 4 is 11.6 Å².